The van der Waals surface area contributed by atoms with E-state index in [1.165, 1.54) is 4.31 Å². The average molecular weight is 334 g/mol. The molecule has 1 aliphatic rings. The monoisotopic (exact) mass is 333 g/mol. The van der Waals surface area contributed by atoms with Crippen LogP contribution in [-0.2, 0) is 10.2 Å². The summed E-state index contributed by atoms with van der Waals surface area (Å²) in [5, 5.41) is 0. The lowest BCUT2D eigenvalue weighted by molar-refractivity contribution is 0.289. The minimum Gasteiger partial charge on any atom is -0.270 e. The molecular weight excluding hydrogens is 318 g/mol. The predicted octanol–water partition coefficient (Wildman–Crippen LogP) is 2.23. The Labute approximate surface area is 116 Å². The maximum Gasteiger partial charge on any atom is 0.301 e. The van der Waals surface area contributed by atoms with E-state index in [0.29, 0.717) is 29.2 Å². The van der Waals surface area contributed by atoms with Gasteiger partial charge in [-0.05, 0) is 40.8 Å². The highest BCUT2D eigenvalue weighted by molar-refractivity contribution is 9.10. The highest BCUT2D eigenvalue weighted by Crippen LogP contribution is 2.24. The van der Waals surface area contributed by atoms with E-state index in [-0.39, 0.29) is 0 Å². The first-order chi connectivity index (χ1) is 8.49. The molecule has 1 N–H and O–H groups in total. The smallest absolute Gasteiger partial charge is 0.270 e. The summed E-state index contributed by atoms with van der Waals surface area (Å²) in [7, 11) is -3.46. The molecular formula is C11H16BrN3O2S. The number of anilines is 1. The summed E-state index contributed by atoms with van der Waals surface area (Å²) in [4.78, 5) is 3.90. The van der Waals surface area contributed by atoms with Gasteiger partial charge in [-0.1, -0.05) is 6.92 Å². The number of hydrogen-bond acceptors (Lipinski definition) is 3. The van der Waals surface area contributed by atoms with Gasteiger partial charge in [0, 0.05) is 25.5 Å². The third-order valence-electron chi connectivity index (χ3n) is 3.09. The summed E-state index contributed by atoms with van der Waals surface area (Å²) in [6.45, 7) is 3.31. The van der Waals surface area contributed by atoms with E-state index in [4.69, 9.17) is 0 Å². The van der Waals surface area contributed by atoms with Crippen molar-refractivity contribution in [2.24, 2.45) is 5.92 Å². The molecule has 1 saturated heterocycles. The number of halogens is 1. The molecule has 0 atom stereocenters. The molecule has 1 aromatic heterocycles. The van der Waals surface area contributed by atoms with Gasteiger partial charge in [-0.15, -0.1) is 0 Å². The van der Waals surface area contributed by atoms with Crippen molar-refractivity contribution in [2.75, 3.05) is 17.8 Å². The summed E-state index contributed by atoms with van der Waals surface area (Å²) >= 11 is 3.27. The van der Waals surface area contributed by atoms with Crippen LogP contribution in [0.25, 0.3) is 0 Å². The number of pyridine rings is 1. The Morgan fingerprint density at radius 2 is 2.11 bits per heavy atom. The molecule has 5 nitrogen and oxygen atoms in total. The summed E-state index contributed by atoms with van der Waals surface area (Å²) in [5.74, 6) is 0.601. The normalized spacial score (nSPS) is 18.8. The fourth-order valence-electron chi connectivity index (χ4n) is 1.89. The van der Waals surface area contributed by atoms with Crippen LogP contribution in [0.3, 0.4) is 0 Å². The molecule has 18 heavy (non-hydrogen) atoms. The van der Waals surface area contributed by atoms with Gasteiger partial charge in [-0.2, -0.15) is 12.7 Å². The van der Waals surface area contributed by atoms with E-state index in [1.54, 1.807) is 18.5 Å². The number of nitrogens with one attached hydrogen (secondary N) is 1. The van der Waals surface area contributed by atoms with E-state index in [0.717, 1.165) is 12.8 Å². The molecule has 0 amide bonds. The van der Waals surface area contributed by atoms with Crippen molar-refractivity contribution in [3.05, 3.63) is 22.9 Å². The molecule has 2 rings (SSSR count). The number of piperidine rings is 1. The summed E-state index contributed by atoms with van der Waals surface area (Å²) < 4.78 is 29.1. The van der Waals surface area contributed by atoms with E-state index in [9.17, 15) is 8.42 Å². The third-order valence-corrected chi connectivity index (χ3v) is 5.25. The SMILES string of the molecule is CC1CCN(S(=O)(=O)Nc2ccncc2Br)CC1. The molecule has 1 aliphatic heterocycles. The fraction of sp³-hybridized carbons (Fsp3) is 0.545. The van der Waals surface area contributed by atoms with Crippen LogP contribution in [-0.4, -0.2) is 30.8 Å². The Morgan fingerprint density at radius 1 is 1.44 bits per heavy atom. The maximum absolute atomic E-state index is 12.2. The van der Waals surface area contributed by atoms with Gasteiger partial charge < -0.3 is 0 Å². The standard InChI is InChI=1S/C11H16BrN3O2S/c1-9-3-6-15(7-4-9)18(16,17)14-11-2-5-13-8-10(11)12/h2,5,8-9H,3-4,6-7H2,1H3,(H,13,14). The first-order valence-electron chi connectivity index (χ1n) is 5.86. The quantitative estimate of drug-likeness (QED) is 0.922. The lowest BCUT2D eigenvalue weighted by Crippen LogP contribution is -2.41. The number of hydrogen-bond donors (Lipinski definition) is 1. The molecule has 0 spiro atoms. The Hall–Kier alpha value is -0.660. The third kappa shape index (κ3) is 3.21. The number of aromatic nitrogens is 1. The zero-order valence-electron chi connectivity index (χ0n) is 10.1. The molecule has 0 radical (unpaired) electrons. The number of rotatable bonds is 3. The summed E-state index contributed by atoms with van der Waals surface area (Å²) in [6, 6.07) is 1.63. The second-order valence-electron chi connectivity index (χ2n) is 4.54. The lowest BCUT2D eigenvalue weighted by atomic mass is 10.0. The second-order valence-corrected chi connectivity index (χ2v) is 7.07. The Morgan fingerprint density at radius 3 is 2.72 bits per heavy atom. The van der Waals surface area contributed by atoms with Gasteiger partial charge in [0.1, 0.15) is 0 Å². The maximum atomic E-state index is 12.2. The summed E-state index contributed by atoms with van der Waals surface area (Å²) in [5.41, 5.74) is 0.517. The van der Waals surface area contributed by atoms with Crippen molar-refractivity contribution in [3.8, 4) is 0 Å². The molecule has 7 heteroatoms. The van der Waals surface area contributed by atoms with E-state index in [2.05, 4.69) is 32.6 Å². The van der Waals surface area contributed by atoms with Gasteiger partial charge in [0.25, 0.3) is 0 Å². The van der Waals surface area contributed by atoms with Crippen molar-refractivity contribution >= 4 is 31.8 Å². The van der Waals surface area contributed by atoms with Gasteiger partial charge in [0.15, 0.2) is 0 Å². The largest absolute Gasteiger partial charge is 0.301 e. The van der Waals surface area contributed by atoms with Gasteiger partial charge in [-0.25, -0.2) is 0 Å². The Balaban J connectivity index is 2.10. The number of nitrogens with zero attached hydrogens (tertiary/aromatic N) is 2. The predicted molar refractivity (Wildman–Crippen MR) is 74.5 cm³/mol. The van der Waals surface area contributed by atoms with Crippen LogP contribution < -0.4 is 4.72 Å². The van der Waals surface area contributed by atoms with Crippen LogP contribution in [0.1, 0.15) is 19.8 Å². The Bertz CT molecular complexity index is 513. The molecule has 2 heterocycles. The van der Waals surface area contributed by atoms with Crippen molar-refractivity contribution < 1.29 is 8.42 Å². The molecule has 0 unspecified atom stereocenters. The van der Waals surface area contributed by atoms with Crippen molar-refractivity contribution in [1.82, 2.24) is 9.29 Å². The lowest BCUT2D eigenvalue weighted by Gasteiger charge is -2.29. The van der Waals surface area contributed by atoms with Gasteiger partial charge in [-0.3, -0.25) is 9.71 Å². The van der Waals surface area contributed by atoms with Gasteiger partial charge in [0.05, 0.1) is 10.2 Å². The highest BCUT2D eigenvalue weighted by Gasteiger charge is 2.26. The van der Waals surface area contributed by atoms with Crippen LogP contribution in [0.15, 0.2) is 22.9 Å². The van der Waals surface area contributed by atoms with Crippen LogP contribution in [0, 0.1) is 5.92 Å². The second kappa shape index (κ2) is 5.54. The van der Waals surface area contributed by atoms with Gasteiger partial charge >= 0.3 is 10.2 Å². The van der Waals surface area contributed by atoms with E-state index < -0.39 is 10.2 Å². The first-order valence-corrected chi connectivity index (χ1v) is 8.10. The average Bonchev–Trinajstić information content (AvgIpc) is 2.32. The molecule has 100 valence electrons. The minimum absolute atomic E-state index is 0.517. The minimum atomic E-state index is -3.46. The molecule has 0 aromatic carbocycles. The van der Waals surface area contributed by atoms with Crippen LogP contribution in [0.2, 0.25) is 0 Å². The zero-order chi connectivity index (χ0) is 13.2. The summed E-state index contributed by atoms with van der Waals surface area (Å²) in [6.07, 6.45) is 4.95. The Kier molecular flexibility index (Phi) is 4.24. The van der Waals surface area contributed by atoms with Crippen LogP contribution in [0.4, 0.5) is 5.69 Å². The van der Waals surface area contributed by atoms with E-state index >= 15 is 0 Å². The molecule has 0 aliphatic carbocycles. The highest BCUT2D eigenvalue weighted by atomic mass is 79.9. The van der Waals surface area contributed by atoms with Crippen LogP contribution in [0.5, 0.6) is 0 Å². The fourth-order valence-corrected chi connectivity index (χ4v) is 3.64. The van der Waals surface area contributed by atoms with Gasteiger partial charge in [0.2, 0.25) is 0 Å². The van der Waals surface area contributed by atoms with E-state index in [1.807, 2.05) is 0 Å². The molecule has 1 fully saturated rings. The zero-order valence-corrected chi connectivity index (χ0v) is 12.5. The first kappa shape index (κ1) is 13.8. The van der Waals surface area contributed by atoms with Crippen LogP contribution >= 0.6 is 15.9 Å². The van der Waals surface area contributed by atoms with Crippen molar-refractivity contribution in [2.45, 2.75) is 19.8 Å². The van der Waals surface area contributed by atoms with Crippen molar-refractivity contribution in [3.63, 3.8) is 0 Å². The topological polar surface area (TPSA) is 62.3 Å². The van der Waals surface area contributed by atoms with Crippen molar-refractivity contribution in [1.29, 1.82) is 0 Å². The molecule has 1 aromatic rings. The molecule has 0 bridgehead atoms. The molecule has 0 saturated carbocycles.